The average Bonchev–Trinajstić information content (AvgIpc) is 3.83. The quantitative estimate of drug-likeness (QED) is 0.0426. The first-order valence-corrected chi connectivity index (χ1v) is 23.2. The molecular formula is C47H69N9O14. The van der Waals surface area contributed by atoms with Crippen LogP contribution in [-0.2, 0) is 56.0 Å². The van der Waals surface area contributed by atoms with Crippen LogP contribution in [0.2, 0.25) is 0 Å². The van der Waals surface area contributed by atoms with Gasteiger partial charge in [0.05, 0.1) is 19.8 Å². The fourth-order valence-corrected chi connectivity index (χ4v) is 7.49. The third kappa shape index (κ3) is 17.4. The number of carbonyl (C=O) groups is 9. The van der Waals surface area contributed by atoms with Gasteiger partial charge in [0, 0.05) is 19.4 Å². The maximum absolute atomic E-state index is 13.8. The summed E-state index contributed by atoms with van der Waals surface area (Å²) < 4.78 is 0. The first kappa shape index (κ1) is 57.6. The second kappa shape index (κ2) is 28.1. The molecule has 0 radical (unpaired) electrons. The molecule has 14 N–H and O–H groups in total. The molecule has 1 heterocycles. The molecule has 386 valence electrons. The van der Waals surface area contributed by atoms with E-state index < -0.39 is 127 Å². The van der Waals surface area contributed by atoms with Crippen LogP contribution in [0, 0.1) is 11.8 Å². The van der Waals surface area contributed by atoms with Crippen molar-refractivity contribution >= 4 is 53.2 Å². The minimum Gasteiger partial charge on any atom is -0.508 e. The number of aliphatic carboxylic acids is 1. The monoisotopic (exact) mass is 983 g/mol. The Kier molecular flexibility index (Phi) is 23.1. The molecule has 2 aromatic rings. The molecule has 0 unspecified atom stereocenters. The van der Waals surface area contributed by atoms with Gasteiger partial charge in [0.25, 0.3) is 0 Å². The van der Waals surface area contributed by atoms with Crippen molar-refractivity contribution in [3.8, 4) is 5.75 Å². The van der Waals surface area contributed by atoms with Gasteiger partial charge in [-0.2, -0.15) is 0 Å². The van der Waals surface area contributed by atoms with Gasteiger partial charge < -0.3 is 73.4 Å². The lowest BCUT2D eigenvalue weighted by atomic mass is 9.96. The van der Waals surface area contributed by atoms with E-state index in [-0.39, 0.29) is 49.8 Å². The fourth-order valence-electron chi connectivity index (χ4n) is 7.49. The molecule has 1 aliphatic heterocycles. The molecule has 0 bridgehead atoms. The number of benzene rings is 2. The lowest BCUT2D eigenvalue weighted by molar-refractivity contribution is -0.143. The molecule has 70 heavy (non-hydrogen) atoms. The third-order valence-electron chi connectivity index (χ3n) is 11.8. The number of nitrogens with two attached hydrogens (primary N) is 1. The Bertz CT molecular complexity index is 2110. The van der Waals surface area contributed by atoms with Gasteiger partial charge in [-0.15, -0.1) is 0 Å². The number of rotatable bonds is 27. The van der Waals surface area contributed by atoms with E-state index in [2.05, 4.69) is 37.2 Å². The van der Waals surface area contributed by atoms with Gasteiger partial charge in [-0.25, -0.2) is 4.79 Å². The largest absolute Gasteiger partial charge is 0.508 e. The number of nitrogens with one attached hydrogen (secondary N) is 7. The summed E-state index contributed by atoms with van der Waals surface area (Å²) in [7, 11) is 0. The number of aliphatic hydroxyl groups is 3. The zero-order valence-electron chi connectivity index (χ0n) is 40.1. The number of hydrogen-bond donors (Lipinski definition) is 13. The number of nitrogens with zero attached hydrogens (tertiary/aromatic N) is 1. The number of likely N-dealkylation sites (tertiary alicyclic amines) is 1. The number of hydrogen-bond acceptors (Lipinski definition) is 14. The SMILES string of the molecule is CC[C@H](C)[C@H](NC(=O)[C@@H](N)CO)C(=O)N1CCC[C@H]1C(=O)N[C@@H](CC(C)C)C(=O)N[C@@H](CO)C(=O)N[C@@H](CO)C(=O)N[C@@H](C)C(=O)N[C@@H](Cc1ccc(O)cc1)C(=O)N[C@@H](Cc1ccccc1)C(=O)O. The fraction of sp³-hybridized carbons (Fsp3) is 0.553. The number of phenols is 1. The molecule has 3 rings (SSSR count). The number of carbonyl (C=O) groups excluding carboxylic acids is 8. The van der Waals surface area contributed by atoms with Crippen molar-refractivity contribution in [2.75, 3.05) is 26.4 Å². The number of amides is 8. The van der Waals surface area contributed by atoms with Gasteiger partial charge in [-0.05, 0) is 61.3 Å². The Morgan fingerprint density at radius 1 is 0.629 bits per heavy atom. The summed E-state index contributed by atoms with van der Waals surface area (Å²) in [5.41, 5.74) is 6.76. The molecule has 23 nitrogen and oxygen atoms in total. The van der Waals surface area contributed by atoms with Crippen LogP contribution in [0.15, 0.2) is 54.6 Å². The molecule has 2 aromatic carbocycles. The molecule has 1 saturated heterocycles. The van der Waals surface area contributed by atoms with Gasteiger partial charge in [0.2, 0.25) is 47.3 Å². The van der Waals surface area contributed by atoms with Crippen LogP contribution in [0.3, 0.4) is 0 Å². The number of aliphatic hydroxyl groups excluding tert-OH is 3. The van der Waals surface area contributed by atoms with E-state index >= 15 is 0 Å². The highest BCUT2D eigenvalue weighted by Gasteiger charge is 2.41. The van der Waals surface area contributed by atoms with Crippen molar-refractivity contribution in [1.29, 1.82) is 0 Å². The molecule has 0 saturated carbocycles. The van der Waals surface area contributed by atoms with E-state index in [0.717, 1.165) is 0 Å². The molecule has 0 spiro atoms. The Morgan fingerprint density at radius 2 is 1.14 bits per heavy atom. The predicted octanol–water partition coefficient (Wildman–Crippen LogP) is -2.94. The minimum atomic E-state index is -1.74. The Labute approximate surface area is 406 Å². The number of phenolic OH excluding ortho intramolecular Hbond substituents is 1. The van der Waals surface area contributed by atoms with Crippen LogP contribution in [0.1, 0.15) is 71.4 Å². The van der Waals surface area contributed by atoms with Gasteiger partial charge in [-0.3, -0.25) is 38.4 Å². The van der Waals surface area contributed by atoms with Crippen molar-refractivity contribution in [2.24, 2.45) is 17.6 Å². The van der Waals surface area contributed by atoms with Crippen molar-refractivity contribution < 1.29 is 68.7 Å². The maximum Gasteiger partial charge on any atom is 0.326 e. The number of carboxylic acids is 1. The minimum absolute atomic E-state index is 0.0511. The summed E-state index contributed by atoms with van der Waals surface area (Å²) in [6.45, 7) is 5.84. The second-order valence-electron chi connectivity index (χ2n) is 17.8. The Balaban J connectivity index is 1.69. The molecule has 1 fully saturated rings. The van der Waals surface area contributed by atoms with Gasteiger partial charge in [0.1, 0.15) is 60.1 Å². The molecule has 0 aliphatic carbocycles. The van der Waals surface area contributed by atoms with Crippen molar-refractivity contribution in [3.05, 3.63) is 65.7 Å². The van der Waals surface area contributed by atoms with Crippen molar-refractivity contribution in [2.45, 2.75) is 128 Å². The summed E-state index contributed by atoms with van der Waals surface area (Å²) in [5.74, 6) is -8.84. The van der Waals surface area contributed by atoms with E-state index in [1.54, 1.807) is 51.1 Å². The summed E-state index contributed by atoms with van der Waals surface area (Å²) in [4.78, 5) is 121. The molecule has 10 atom stereocenters. The lowest BCUT2D eigenvalue weighted by Gasteiger charge is -2.32. The van der Waals surface area contributed by atoms with E-state index in [1.165, 1.54) is 36.1 Å². The smallest absolute Gasteiger partial charge is 0.326 e. The third-order valence-corrected chi connectivity index (χ3v) is 11.8. The highest BCUT2D eigenvalue weighted by atomic mass is 16.4. The molecule has 8 amide bonds. The first-order valence-electron chi connectivity index (χ1n) is 23.2. The van der Waals surface area contributed by atoms with Gasteiger partial charge in [0.15, 0.2) is 0 Å². The lowest BCUT2D eigenvalue weighted by Crippen LogP contribution is -2.61. The van der Waals surface area contributed by atoms with E-state index in [9.17, 15) is 68.7 Å². The molecule has 23 heteroatoms. The standard InChI is InChI=1S/C47H69N9O14/c1-6-26(4)38(55-40(62)31(48)22-57)46(68)56-18-10-13-37(56)45(67)51-32(19-25(2)3)41(63)53-36(24-59)44(66)54-35(23-58)43(65)49-27(5)39(61)50-33(20-29-14-16-30(60)17-15-29)42(64)52-34(47(69)70)21-28-11-8-7-9-12-28/h7-9,11-12,14-17,25-27,31-38,57-60H,6,10,13,18-24,48H2,1-5H3,(H,49,65)(H,50,61)(H,51,67)(H,52,64)(H,53,63)(H,54,66)(H,55,62)(H,69,70)/t26-,27-,31-,32-,33-,34-,35-,36-,37-,38-/m0/s1. The normalized spacial score (nSPS) is 17.2. The highest BCUT2D eigenvalue weighted by molar-refractivity contribution is 5.98. The molecule has 0 aromatic heterocycles. The topological polar surface area (TPSA) is 368 Å². The summed E-state index contributed by atoms with van der Waals surface area (Å²) in [6, 6.07) is 1.91. The van der Waals surface area contributed by atoms with Crippen molar-refractivity contribution in [3.63, 3.8) is 0 Å². The first-order chi connectivity index (χ1) is 33.1. The van der Waals surface area contributed by atoms with E-state index in [1.807, 2.05) is 6.92 Å². The average molecular weight is 984 g/mol. The van der Waals surface area contributed by atoms with Crippen LogP contribution < -0.4 is 43.0 Å². The van der Waals surface area contributed by atoms with Crippen LogP contribution in [0.5, 0.6) is 5.75 Å². The zero-order valence-corrected chi connectivity index (χ0v) is 40.1. The van der Waals surface area contributed by atoms with Gasteiger partial charge >= 0.3 is 5.97 Å². The number of carboxylic acid groups (broad SMARTS) is 1. The van der Waals surface area contributed by atoms with E-state index in [4.69, 9.17) is 5.73 Å². The highest BCUT2D eigenvalue weighted by Crippen LogP contribution is 2.22. The summed E-state index contributed by atoms with van der Waals surface area (Å²) in [6.07, 6.45) is 0.955. The van der Waals surface area contributed by atoms with E-state index in [0.29, 0.717) is 24.0 Å². The van der Waals surface area contributed by atoms with Gasteiger partial charge in [-0.1, -0.05) is 76.6 Å². The molecule has 1 aliphatic rings. The predicted molar refractivity (Wildman–Crippen MR) is 252 cm³/mol. The van der Waals surface area contributed by atoms with Crippen LogP contribution >= 0.6 is 0 Å². The summed E-state index contributed by atoms with van der Waals surface area (Å²) in [5, 5.41) is 66.4. The summed E-state index contributed by atoms with van der Waals surface area (Å²) >= 11 is 0. The maximum atomic E-state index is 13.8. The van der Waals surface area contributed by atoms with Crippen LogP contribution in [0.25, 0.3) is 0 Å². The molecular weight excluding hydrogens is 915 g/mol. The Hall–Kier alpha value is -6.69. The van der Waals surface area contributed by atoms with Crippen LogP contribution in [-0.4, -0.2) is 164 Å². The Morgan fingerprint density at radius 3 is 1.69 bits per heavy atom. The number of aromatic hydroxyl groups is 1. The van der Waals surface area contributed by atoms with Crippen molar-refractivity contribution in [1.82, 2.24) is 42.1 Å². The second-order valence-corrected chi connectivity index (χ2v) is 17.8. The zero-order chi connectivity index (χ0) is 52.2. The van der Waals surface area contributed by atoms with Crippen LogP contribution in [0.4, 0.5) is 0 Å².